The van der Waals surface area contributed by atoms with Gasteiger partial charge in [-0.15, -0.1) is 13.2 Å². The van der Waals surface area contributed by atoms with Gasteiger partial charge in [0, 0.05) is 37.6 Å². The van der Waals surface area contributed by atoms with Crippen molar-refractivity contribution in [3.63, 3.8) is 0 Å². The molecule has 0 radical (unpaired) electrons. The molecule has 1 amide bonds. The fourth-order valence-corrected chi connectivity index (χ4v) is 8.97. The van der Waals surface area contributed by atoms with Gasteiger partial charge < -0.3 is 34.5 Å². The first kappa shape index (κ1) is 37.3. The first-order valence-corrected chi connectivity index (χ1v) is 19.0. The maximum atomic E-state index is 13.8. The van der Waals surface area contributed by atoms with Crippen molar-refractivity contribution in [2.24, 2.45) is 0 Å². The van der Waals surface area contributed by atoms with Crippen LogP contribution < -0.4 is 20.1 Å². The Morgan fingerprint density at radius 2 is 1.79 bits per heavy atom. The van der Waals surface area contributed by atoms with Gasteiger partial charge in [-0.3, -0.25) is 4.79 Å². The van der Waals surface area contributed by atoms with Crippen LogP contribution in [0.1, 0.15) is 56.9 Å². The zero-order valence-electron chi connectivity index (χ0n) is 27.8. The molecule has 2 unspecified atom stereocenters. The predicted octanol–water partition coefficient (Wildman–Crippen LogP) is 4.25. The number of likely N-dealkylation sites (tertiary alicyclic amines) is 1. The number of anilines is 2. The molecule has 1 saturated carbocycles. The van der Waals surface area contributed by atoms with Crippen molar-refractivity contribution in [2.75, 3.05) is 37.1 Å². The minimum absolute atomic E-state index is 0.0670. The van der Waals surface area contributed by atoms with Gasteiger partial charge in [0.1, 0.15) is 29.8 Å². The Hall–Kier alpha value is -4.43. The number of esters is 1. The molecular weight excluding hydrogens is 734 g/mol. The van der Waals surface area contributed by atoms with Crippen molar-refractivity contribution in [1.29, 1.82) is 0 Å². The number of benzene rings is 1. The molecule has 2 aliphatic heterocycles. The number of nitrogens with zero attached hydrogens (tertiary/aromatic N) is 4. The van der Waals surface area contributed by atoms with E-state index in [1.807, 2.05) is 4.90 Å². The summed E-state index contributed by atoms with van der Waals surface area (Å²) in [6, 6.07) is 0.924. The van der Waals surface area contributed by atoms with Crippen molar-refractivity contribution < 1.29 is 54.9 Å². The minimum Gasteiger partial charge on any atom is -0.431 e. The number of nitrogen functional groups attached to an aromatic ring is 1. The summed E-state index contributed by atoms with van der Waals surface area (Å²) in [5.74, 6) is -2.72. The van der Waals surface area contributed by atoms with Crippen molar-refractivity contribution in [1.82, 2.24) is 19.6 Å². The second kappa shape index (κ2) is 15.7. The Labute approximate surface area is 300 Å². The number of hydrogen-bond donors (Lipinski definition) is 2. The first-order valence-electron chi connectivity index (χ1n) is 16.7. The zero-order valence-corrected chi connectivity index (χ0v) is 29.4. The monoisotopic (exact) mass is 770 g/mol. The molecule has 2 atom stereocenters. The van der Waals surface area contributed by atoms with Gasteiger partial charge in [0.15, 0.2) is 9.34 Å². The topological polar surface area (TPSA) is 193 Å². The van der Waals surface area contributed by atoms with Gasteiger partial charge in [0.25, 0.3) is 10.0 Å². The highest BCUT2D eigenvalue weighted by Crippen LogP contribution is 2.35. The van der Waals surface area contributed by atoms with E-state index in [1.165, 1.54) is 24.5 Å². The van der Waals surface area contributed by atoms with E-state index in [2.05, 4.69) is 19.4 Å². The fourth-order valence-electron chi connectivity index (χ4n) is 6.56. The predicted molar refractivity (Wildman–Crippen MR) is 180 cm³/mol. The number of carbonyl (C=O) groups excluding carboxylic acids is 3. The number of nitrogens with one attached hydrogen (secondary N) is 1. The average molecular weight is 771 g/mol. The highest BCUT2D eigenvalue weighted by molar-refractivity contribution is 7.91. The lowest BCUT2D eigenvalue weighted by atomic mass is 9.98. The molecule has 20 heteroatoms. The third kappa shape index (κ3) is 8.95. The van der Waals surface area contributed by atoms with Gasteiger partial charge in [-0.05, 0) is 74.1 Å². The normalized spacial score (nSPS) is 19.2. The van der Waals surface area contributed by atoms with Crippen molar-refractivity contribution >= 4 is 61.1 Å². The highest BCUT2D eigenvalue weighted by Gasteiger charge is 2.43. The Morgan fingerprint density at radius 1 is 1.04 bits per heavy atom. The van der Waals surface area contributed by atoms with Crippen LogP contribution in [-0.4, -0.2) is 92.3 Å². The molecule has 2 aromatic heterocycles. The van der Waals surface area contributed by atoms with Crippen LogP contribution in [0.2, 0.25) is 0 Å². The maximum Gasteiger partial charge on any atom is 0.573 e. The molecule has 1 aliphatic carbocycles. The lowest BCUT2D eigenvalue weighted by Gasteiger charge is -2.27. The van der Waals surface area contributed by atoms with E-state index >= 15 is 0 Å². The number of pyridine rings is 1. The largest absolute Gasteiger partial charge is 0.573 e. The number of nitrogens with two attached hydrogens (primary N) is 1. The summed E-state index contributed by atoms with van der Waals surface area (Å²) in [6.45, 7) is 0.420. The van der Waals surface area contributed by atoms with E-state index in [0.29, 0.717) is 23.4 Å². The van der Waals surface area contributed by atoms with Crippen LogP contribution in [0.4, 0.5) is 28.9 Å². The summed E-state index contributed by atoms with van der Waals surface area (Å²) in [7, 11) is -4.22. The molecule has 1 aromatic carbocycles. The van der Waals surface area contributed by atoms with E-state index in [9.17, 15) is 36.0 Å². The Kier molecular flexibility index (Phi) is 11.2. The maximum absolute atomic E-state index is 13.8. The lowest BCUT2D eigenvalue weighted by Crippen LogP contribution is -2.48. The van der Waals surface area contributed by atoms with Crippen LogP contribution in [0, 0.1) is 0 Å². The van der Waals surface area contributed by atoms with Gasteiger partial charge >= 0.3 is 18.5 Å². The molecule has 6 rings (SSSR count). The number of carbonyl (C=O) groups is 3. The molecule has 4 heterocycles. The molecule has 0 spiro atoms. The van der Waals surface area contributed by atoms with Gasteiger partial charge in [0.2, 0.25) is 12.7 Å². The van der Waals surface area contributed by atoms with Gasteiger partial charge in [-0.2, -0.15) is 4.72 Å². The molecule has 3 fully saturated rings. The number of amides is 1. The molecule has 3 aromatic rings. The van der Waals surface area contributed by atoms with Crippen LogP contribution in [0.25, 0.3) is 10.8 Å². The summed E-state index contributed by atoms with van der Waals surface area (Å²) in [5.41, 5.74) is 5.75. The highest BCUT2D eigenvalue weighted by atomic mass is 32.2. The Balaban J connectivity index is 1.22. The van der Waals surface area contributed by atoms with Crippen LogP contribution in [-0.2, 0) is 40.2 Å². The average Bonchev–Trinajstić information content (AvgIpc) is 3.87. The van der Waals surface area contributed by atoms with Crippen LogP contribution in [0.5, 0.6) is 5.75 Å². The fraction of sp³-hybridized carbons (Fsp3) is 0.531. The van der Waals surface area contributed by atoms with E-state index in [4.69, 9.17) is 19.9 Å². The van der Waals surface area contributed by atoms with E-state index in [0.717, 1.165) is 67.5 Å². The number of alkyl halides is 3. The number of rotatable bonds is 12. The summed E-state index contributed by atoms with van der Waals surface area (Å²) in [5, 5.41) is 1.06. The van der Waals surface area contributed by atoms with Gasteiger partial charge in [-0.1, -0.05) is 17.8 Å². The van der Waals surface area contributed by atoms with Gasteiger partial charge in [-0.25, -0.2) is 28.0 Å². The molecule has 2 saturated heterocycles. The van der Waals surface area contributed by atoms with Crippen LogP contribution in [0.3, 0.4) is 0 Å². The molecule has 282 valence electrons. The minimum atomic E-state index is -5.14. The van der Waals surface area contributed by atoms with Crippen molar-refractivity contribution in [3.8, 4) is 5.75 Å². The van der Waals surface area contributed by atoms with Crippen LogP contribution >= 0.6 is 11.3 Å². The Bertz CT molecular complexity index is 1900. The number of fused-ring (bicyclic) bond motifs is 1. The number of ether oxygens (including phenoxy) is 4. The zero-order chi connectivity index (χ0) is 37.0. The molecule has 0 bridgehead atoms. The first-order chi connectivity index (χ1) is 24.8. The SMILES string of the molecule is Nc1nccc2cc(CC(C(=O)OCOC(=O)OC3CCCCC3)N3CCC(NS(=O)(=O)c4cnc(N5CCCC5)s4)C3=O)c(OC(F)(F)F)cc12. The molecule has 52 heavy (non-hydrogen) atoms. The summed E-state index contributed by atoms with van der Waals surface area (Å²) >= 11 is 0.960. The second-order valence-electron chi connectivity index (χ2n) is 12.6. The third-order valence-electron chi connectivity index (χ3n) is 9.11. The molecule has 15 nitrogen and oxygen atoms in total. The smallest absolute Gasteiger partial charge is 0.431 e. The van der Waals surface area contributed by atoms with Gasteiger partial charge in [0.05, 0.1) is 6.20 Å². The van der Waals surface area contributed by atoms with E-state index < -0.39 is 65.5 Å². The number of thiazole rings is 1. The van der Waals surface area contributed by atoms with E-state index in [1.54, 1.807) is 0 Å². The third-order valence-corrected chi connectivity index (χ3v) is 12.1. The standard InChI is InChI=1S/C32H37F3N6O9S2/c33-32(34,35)50-25-16-22-19(8-10-37-27(22)36)14-20(25)15-24(29(43)47-18-48-31(44)49-21-6-2-1-3-7-21)41-13-9-23(28(41)42)39-52(45,46)26-17-38-30(51-26)40-11-4-5-12-40/h8,10,14,16-17,21,23-24,39H,1-7,9,11-13,15,18H2,(H2,36,37). The summed E-state index contributed by atoms with van der Waals surface area (Å²) in [6.07, 6.45) is 1.41. The lowest BCUT2D eigenvalue weighted by molar-refractivity contribution is -0.274. The number of hydrogen-bond acceptors (Lipinski definition) is 14. The summed E-state index contributed by atoms with van der Waals surface area (Å²) < 4.78 is 89.3. The van der Waals surface area contributed by atoms with E-state index in [-0.39, 0.29) is 40.0 Å². The molecular formula is C32H37F3N6O9S2. The van der Waals surface area contributed by atoms with Crippen LogP contribution in [0.15, 0.2) is 34.8 Å². The summed E-state index contributed by atoms with van der Waals surface area (Å²) in [4.78, 5) is 50.7. The number of sulfonamides is 1. The molecule has 3 aliphatic rings. The number of aromatic nitrogens is 2. The van der Waals surface area contributed by atoms with Crippen molar-refractivity contribution in [3.05, 3.63) is 36.2 Å². The molecule has 3 N–H and O–H groups in total. The second-order valence-corrected chi connectivity index (χ2v) is 15.6. The quantitative estimate of drug-likeness (QED) is 0.196. The van der Waals surface area contributed by atoms with Crippen molar-refractivity contribution in [2.45, 2.75) is 86.5 Å². The Morgan fingerprint density at radius 3 is 2.52 bits per heavy atom. The number of halogens is 3.